The van der Waals surface area contributed by atoms with E-state index in [0.29, 0.717) is 0 Å². The van der Waals surface area contributed by atoms with E-state index in [9.17, 15) is 9.59 Å². The van der Waals surface area contributed by atoms with Crippen molar-refractivity contribution in [2.24, 2.45) is 0 Å². The third-order valence-corrected chi connectivity index (χ3v) is 6.39. The summed E-state index contributed by atoms with van der Waals surface area (Å²) in [5.74, 6) is 0.677. The van der Waals surface area contributed by atoms with Crippen LogP contribution in [0.25, 0.3) is 11.1 Å². The van der Waals surface area contributed by atoms with E-state index in [1.54, 1.807) is 13.8 Å². The largest absolute Gasteiger partial charge is 0.485 e. The Balaban J connectivity index is 1.56. The maximum Gasteiger partial charge on any atom is 0.429 e. The van der Waals surface area contributed by atoms with Crippen molar-refractivity contribution < 1.29 is 23.8 Å². The normalized spacial score (nSPS) is 24.9. The predicted molar refractivity (Wildman–Crippen MR) is 118 cm³/mol. The summed E-state index contributed by atoms with van der Waals surface area (Å²) in [6.07, 6.45) is 0.735. The monoisotopic (exact) mass is 434 g/mol. The van der Waals surface area contributed by atoms with Crippen LogP contribution < -0.4 is 4.74 Å². The van der Waals surface area contributed by atoms with Crippen molar-refractivity contribution in [3.8, 4) is 16.9 Å². The van der Waals surface area contributed by atoms with Crippen LogP contribution in [0.2, 0.25) is 0 Å². The molecule has 0 aromatic heterocycles. The molecule has 2 aliphatic heterocycles. The zero-order chi connectivity index (χ0) is 22.4. The molecular formula is C25H26N2O5. The summed E-state index contributed by atoms with van der Waals surface area (Å²) in [5, 5.41) is 2.81. The second-order valence-corrected chi connectivity index (χ2v) is 8.10. The second kappa shape index (κ2) is 7.89. The van der Waals surface area contributed by atoms with Crippen LogP contribution in [0.15, 0.2) is 60.2 Å². The first-order valence-corrected chi connectivity index (χ1v) is 11.0. The van der Waals surface area contributed by atoms with E-state index in [1.165, 1.54) is 10.0 Å². The van der Waals surface area contributed by atoms with Crippen LogP contribution in [0.4, 0.5) is 9.59 Å². The van der Waals surface area contributed by atoms with Gasteiger partial charge in [-0.3, -0.25) is 0 Å². The van der Waals surface area contributed by atoms with Gasteiger partial charge in [0.1, 0.15) is 11.9 Å². The smallest absolute Gasteiger partial charge is 0.429 e. The van der Waals surface area contributed by atoms with E-state index in [-0.39, 0.29) is 37.3 Å². The minimum Gasteiger partial charge on any atom is -0.485 e. The first-order valence-electron chi connectivity index (χ1n) is 11.0. The zero-order valence-electron chi connectivity index (χ0n) is 18.4. The van der Waals surface area contributed by atoms with Crippen LogP contribution in [-0.2, 0) is 9.47 Å². The lowest BCUT2D eigenvalue weighted by molar-refractivity contribution is -0.0245. The number of fused-ring (bicyclic) bond motifs is 5. The molecule has 1 aliphatic carbocycles. The van der Waals surface area contributed by atoms with Crippen molar-refractivity contribution >= 4 is 12.2 Å². The highest BCUT2D eigenvalue weighted by Gasteiger charge is 2.58. The minimum atomic E-state index is -0.561. The first-order chi connectivity index (χ1) is 15.5. The minimum absolute atomic E-state index is 0.130. The van der Waals surface area contributed by atoms with E-state index in [4.69, 9.17) is 14.2 Å². The van der Waals surface area contributed by atoms with Gasteiger partial charge >= 0.3 is 12.2 Å². The Kier molecular flexibility index (Phi) is 5.04. The van der Waals surface area contributed by atoms with Gasteiger partial charge in [0.2, 0.25) is 0 Å². The third kappa shape index (κ3) is 3.03. The lowest BCUT2D eigenvalue weighted by Gasteiger charge is -2.33. The summed E-state index contributed by atoms with van der Waals surface area (Å²) in [6.45, 7) is 5.83. The highest BCUT2D eigenvalue weighted by atomic mass is 16.6. The molecule has 2 aromatic rings. The van der Waals surface area contributed by atoms with Crippen molar-refractivity contribution in [2.75, 3.05) is 13.2 Å². The third-order valence-electron chi connectivity index (χ3n) is 6.39. The Bertz CT molecular complexity index is 1080. The number of nitrogens with zero attached hydrogens (tertiary/aromatic N) is 2. The van der Waals surface area contributed by atoms with Crippen molar-refractivity contribution in [1.82, 2.24) is 10.0 Å². The van der Waals surface area contributed by atoms with Crippen LogP contribution in [0.1, 0.15) is 32.3 Å². The van der Waals surface area contributed by atoms with E-state index >= 15 is 0 Å². The van der Waals surface area contributed by atoms with Gasteiger partial charge in [-0.25, -0.2) is 19.6 Å². The number of carbonyl (C=O) groups is 2. The quantitative estimate of drug-likeness (QED) is 0.653. The number of carbonyl (C=O) groups excluding carboxylic acids is 2. The number of amides is 2. The molecule has 2 heterocycles. The molecule has 166 valence electrons. The topological polar surface area (TPSA) is 68.3 Å². The molecule has 1 saturated heterocycles. The second-order valence-electron chi connectivity index (χ2n) is 8.10. The molecule has 3 aliphatic rings. The molecule has 5 rings (SSSR count). The van der Waals surface area contributed by atoms with Crippen molar-refractivity contribution in [3.05, 3.63) is 65.7 Å². The number of benzene rings is 2. The maximum absolute atomic E-state index is 13.0. The molecule has 7 heteroatoms. The number of hydrazine groups is 1. The standard InChI is InChI=1S/C25H26N2O5/c1-4-30-24(28)26-15(3)18-14-21-22(23(18)27(26)25(29)31-5-2)19-13-17(11-12-20(19)32-21)16-9-7-6-8-10-16/h6-15,21-23H,4-5H2,1-3H3/t15-,21+,22+,23+/m0/s1. The van der Waals surface area contributed by atoms with Gasteiger partial charge in [0.25, 0.3) is 0 Å². The molecule has 0 N–H and O–H groups in total. The number of hydrogen-bond donors (Lipinski definition) is 0. The molecule has 7 nitrogen and oxygen atoms in total. The lowest BCUT2D eigenvalue weighted by Crippen LogP contribution is -2.52. The van der Waals surface area contributed by atoms with Gasteiger partial charge in [-0.15, -0.1) is 0 Å². The zero-order valence-corrected chi connectivity index (χ0v) is 18.4. The molecular weight excluding hydrogens is 408 g/mol. The molecule has 2 aromatic carbocycles. The fraction of sp³-hybridized carbons (Fsp3) is 0.360. The Morgan fingerprint density at radius 2 is 1.62 bits per heavy atom. The average Bonchev–Trinajstić information content (AvgIpc) is 3.41. The average molecular weight is 434 g/mol. The Morgan fingerprint density at radius 3 is 2.31 bits per heavy atom. The summed E-state index contributed by atoms with van der Waals surface area (Å²) in [6, 6.07) is 15.6. The van der Waals surface area contributed by atoms with Gasteiger partial charge in [-0.2, -0.15) is 0 Å². The van der Waals surface area contributed by atoms with Crippen molar-refractivity contribution in [3.63, 3.8) is 0 Å². The van der Waals surface area contributed by atoms with Crippen LogP contribution in [0.5, 0.6) is 5.75 Å². The van der Waals surface area contributed by atoms with Gasteiger partial charge < -0.3 is 14.2 Å². The lowest BCUT2D eigenvalue weighted by atomic mass is 9.88. The summed E-state index contributed by atoms with van der Waals surface area (Å²) in [4.78, 5) is 25.8. The summed E-state index contributed by atoms with van der Waals surface area (Å²) in [7, 11) is 0. The summed E-state index contributed by atoms with van der Waals surface area (Å²) < 4.78 is 16.8. The fourth-order valence-corrected chi connectivity index (χ4v) is 5.07. The first kappa shape index (κ1) is 20.4. The van der Waals surface area contributed by atoms with E-state index in [2.05, 4.69) is 18.2 Å². The van der Waals surface area contributed by atoms with Crippen LogP contribution >= 0.6 is 0 Å². The Labute approximate surface area is 187 Å². The highest BCUT2D eigenvalue weighted by Crippen LogP contribution is 2.53. The van der Waals surface area contributed by atoms with Gasteiger partial charge in [0.05, 0.1) is 31.2 Å². The maximum atomic E-state index is 13.0. The van der Waals surface area contributed by atoms with Gasteiger partial charge in [0, 0.05) is 5.56 Å². The van der Waals surface area contributed by atoms with Crippen molar-refractivity contribution in [1.29, 1.82) is 0 Å². The van der Waals surface area contributed by atoms with E-state index < -0.39 is 12.2 Å². The summed E-state index contributed by atoms with van der Waals surface area (Å²) in [5.41, 5.74) is 4.19. The molecule has 0 radical (unpaired) electrons. The molecule has 4 atom stereocenters. The summed E-state index contributed by atoms with van der Waals surface area (Å²) >= 11 is 0. The molecule has 1 fully saturated rings. The Hall–Kier alpha value is -3.48. The van der Waals surface area contributed by atoms with Crippen LogP contribution in [0, 0.1) is 0 Å². The molecule has 0 spiro atoms. The number of rotatable bonds is 3. The van der Waals surface area contributed by atoms with Gasteiger partial charge in [-0.05, 0) is 55.7 Å². The molecule has 0 bridgehead atoms. The molecule has 32 heavy (non-hydrogen) atoms. The van der Waals surface area contributed by atoms with E-state index in [1.807, 2.05) is 43.3 Å². The molecule has 0 unspecified atom stereocenters. The highest BCUT2D eigenvalue weighted by molar-refractivity contribution is 5.78. The SMILES string of the molecule is CCOC(=O)N1[C@@H]2C(=C[C@H]3Oc4ccc(-c5ccccc5)cc4[C@@H]23)[C@H](C)N1C(=O)OCC. The van der Waals surface area contributed by atoms with E-state index in [0.717, 1.165) is 28.0 Å². The molecule has 0 saturated carbocycles. The van der Waals surface area contributed by atoms with Gasteiger partial charge in [0.15, 0.2) is 0 Å². The van der Waals surface area contributed by atoms with Gasteiger partial charge in [-0.1, -0.05) is 36.4 Å². The predicted octanol–water partition coefficient (Wildman–Crippen LogP) is 4.74. The number of ether oxygens (including phenoxy) is 3. The van der Waals surface area contributed by atoms with Crippen molar-refractivity contribution in [2.45, 2.75) is 44.9 Å². The Morgan fingerprint density at radius 1 is 0.938 bits per heavy atom. The number of hydrogen-bond acceptors (Lipinski definition) is 5. The fourth-order valence-electron chi connectivity index (χ4n) is 5.07. The van der Waals surface area contributed by atoms with Crippen LogP contribution in [-0.4, -0.2) is 53.6 Å². The van der Waals surface area contributed by atoms with Crippen LogP contribution in [0.3, 0.4) is 0 Å². The molecule has 2 amide bonds.